The summed E-state index contributed by atoms with van der Waals surface area (Å²) in [7, 11) is 0. The summed E-state index contributed by atoms with van der Waals surface area (Å²) < 4.78 is 0. The molecule has 114 valence electrons. The first-order chi connectivity index (χ1) is 10.1. The fourth-order valence-corrected chi connectivity index (χ4v) is 2.93. The van der Waals surface area contributed by atoms with Gasteiger partial charge in [-0.1, -0.05) is 43.7 Å². The standard InChI is InChI=1S/C16H20ClNO3/c17-12-8-9-14(13(10-12)16(20)21)18-15(19)11-6-4-2-1-3-5-7-11/h8-11H,1-7H2,(H,18,19)(H,20,21). The van der Waals surface area contributed by atoms with Crippen LogP contribution in [-0.4, -0.2) is 17.0 Å². The van der Waals surface area contributed by atoms with Crippen LogP contribution < -0.4 is 5.32 Å². The molecule has 0 saturated heterocycles. The Balaban J connectivity index is 2.09. The van der Waals surface area contributed by atoms with Crippen LogP contribution in [0.1, 0.15) is 55.3 Å². The summed E-state index contributed by atoms with van der Waals surface area (Å²) in [5.74, 6) is -1.20. The quantitative estimate of drug-likeness (QED) is 0.873. The van der Waals surface area contributed by atoms with E-state index in [9.17, 15) is 14.7 Å². The maximum absolute atomic E-state index is 12.4. The summed E-state index contributed by atoms with van der Waals surface area (Å²) in [6.45, 7) is 0. The molecular weight excluding hydrogens is 290 g/mol. The number of anilines is 1. The van der Waals surface area contributed by atoms with Crippen molar-refractivity contribution in [1.29, 1.82) is 0 Å². The molecule has 21 heavy (non-hydrogen) atoms. The number of hydrogen-bond acceptors (Lipinski definition) is 2. The molecule has 0 aliphatic heterocycles. The highest BCUT2D eigenvalue weighted by atomic mass is 35.5. The summed E-state index contributed by atoms with van der Waals surface area (Å²) in [6, 6.07) is 4.49. The Bertz CT molecular complexity index is 522. The van der Waals surface area contributed by atoms with Crippen LogP contribution in [0.3, 0.4) is 0 Å². The highest BCUT2D eigenvalue weighted by Gasteiger charge is 2.21. The fourth-order valence-electron chi connectivity index (χ4n) is 2.76. The lowest BCUT2D eigenvalue weighted by atomic mass is 9.90. The van der Waals surface area contributed by atoms with Gasteiger partial charge in [0.1, 0.15) is 0 Å². The summed E-state index contributed by atoms with van der Waals surface area (Å²) in [4.78, 5) is 23.6. The molecule has 0 radical (unpaired) electrons. The van der Waals surface area contributed by atoms with Crippen LogP contribution in [0.25, 0.3) is 0 Å². The summed E-state index contributed by atoms with van der Waals surface area (Å²) >= 11 is 5.81. The molecule has 1 amide bonds. The molecule has 5 heteroatoms. The topological polar surface area (TPSA) is 66.4 Å². The number of aromatic carboxylic acids is 1. The second kappa shape index (κ2) is 7.46. The third-order valence-electron chi connectivity index (χ3n) is 3.95. The smallest absolute Gasteiger partial charge is 0.337 e. The minimum absolute atomic E-state index is 0.0253. The Hall–Kier alpha value is -1.55. The van der Waals surface area contributed by atoms with Gasteiger partial charge in [-0.05, 0) is 31.0 Å². The first-order valence-electron chi connectivity index (χ1n) is 7.41. The van der Waals surface area contributed by atoms with Gasteiger partial charge in [-0.25, -0.2) is 4.79 Å². The number of carboxylic acids is 1. The lowest BCUT2D eigenvalue weighted by Crippen LogP contribution is -2.24. The molecule has 1 aromatic carbocycles. The van der Waals surface area contributed by atoms with Crippen LogP contribution >= 0.6 is 11.6 Å². The SMILES string of the molecule is O=C(O)c1cc(Cl)ccc1NC(=O)C1CCCCCCC1. The van der Waals surface area contributed by atoms with E-state index in [-0.39, 0.29) is 17.4 Å². The van der Waals surface area contributed by atoms with Crippen molar-refractivity contribution in [3.8, 4) is 0 Å². The zero-order valence-corrected chi connectivity index (χ0v) is 12.7. The number of nitrogens with one attached hydrogen (secondary N) is 1. The maximum Gasteiger partial charge on any atom is 0.337 e. The summed E-state index contributed by atoms with van der Waals surface area (Å²) in [5, 5.41) is 12.3. The molecule has 1 saturated carbocycles. The number of amides is 1. The van der Waals surface area contributed by atoms with Crippen LogP contribution in [0.15, 0.2) is 18.2 Å². The average Bonchev–Trinajstić information content (AvgIpc) is 2.40. The van der Waals surface area contributed by atoms with Gasteiger partial charge in [-0.15, -0.1) is 0 Å². The molecule has 0 atom stereocenters. The number of benzene rings is 1. The van der Waals surface area contributed by atoms with Crippen molar-refractivity contribution in [2.24, 2.45) is 5.92 Å². The van der Waals surface area contributed by atoms with Crippen molar-refractivity contribution in [1.82, 2.24) is 0 Å². The Kier molecular flexibility index (Phi) is 5.62. The van der Waals surface area contributed by atoms with Gasteiger partial charge in [0.15, 0.2) is 0 Å². The van der Waals surface area contributed by atoms with E-state index in [0.29, 0.717) is 10.7 Å². The van der Waals surface area contributed by atoms with Gasteiger partial charge in [0.05, 0.1) is 11.3 Å². The molecule has 0 heterocycles. The van der Waals surface area contributed by atoms with Gasteiger partial charge in [0.2, 0.25) is 5.91 Å². The molecule has 1 aliphatic carbocycles. The van der Waals surface area contributed by atoms with E-state index >= 15 is 0 Å². The number of carboxylic acid groups (broad SMARTS) is 1. The minimum Gasteiger partial charge on any atom is -0.478 e. The lowest BCUT2D eigenvalue weighted by Gasteiger charge is -2.19. The zero-order chi connectivity index (χ0) is 15.2. The van der Waals surface area contributed by atoms with Crippen molar-refractivity contribution in [3.05, 3.63) is 28.8 Å². The second-order valence-corrected chi connectivity index (χ2v) is 5.96. The predicted molar refractivity (Wildman–Crippen MR) is 82.9 cm³/mol. The van der Waals surface area contributed by atoms with Gasteiger partial charge >= 0.3 is 5.97 Å². The van der Waals surface area contributed by atoms with Crippen LogP contribution in [0.2, 0.25) is 5.02 Å². The molecule has 0 bridgehead atoms. The Labute approximate surface area is 129 Å². The monoisotopic (exact) mass is 309 g/mol. The molecule has 1 aliphatic rings. The molecule has 0 spiro atoms. The van der Waals surface area contributed by atoms with Crippen LogP contribution in [0, 0.1) is 5.92 Å². The summed E-state index contributed by atoms with van der Waals surface area (Å²) in [5.41, 5.74) is 0.348. The van der Waals surface area contributed by atoms with Crippen LogP contribution in [0.4, 0.5) is 5.69 Å². The van der Waals surface area contributed by atoms with Crippen molar-refractivity contribution >= 4 is 29.2 Å². The van der Waals surface area contributed by atoms with Crippen LogP contribution in [-0.2, 0) is 4.79 Å². The molecule has 0 aromatic heterocycles. The van der Waals surface area contributed by atoms with Crippen molar-refractivity contribution in [3.63, 3.8) is 0 Å². The minimum atomic E-state index is -1.09. The molecule has 1 aromatic rings. The Morgan fingerprint density at radius 3 is 2.33 bits per heavy atom. The van der Waals surface area contributed by atoms with E-state index in [1.807, 2.05) is 0 Å². The largest absolute Gasteiger partial charge is 0.478 e. The lowest BCUT2D eigenvalue weighted by molar-refractivity contribution is -0.120. The Morgan fingerprint density at radius 2 is 1.71 bits per heavy atom. The van der Waals surface area contributed by atoms with E-state index in [2.05, 4.69) is 5.32 Å². The number of rotatable bonds is 3. The fraction of sp³-hybridized carbons (Fsp3) is 0.500. The number of carbonyl (C=O) groups excluding carboxylic acids is 1. The second-order valence-electron chi connectivity index (χ2n) is 5.53. The molecule has 2 N–H and O–H groups in total. The van der Waals surface area contributed by atoms with Gasteiger partial charge in [-0.2, -0.15) is 0 Å². The highest BCUT2D eigenvalue weighted by Crippen LogP contribution is 2.26. The number of carbonyl (C=O) groups is 2. The van der Waals surface area contributed by atoms with Crippen LogP contribution in [0.5, 0.6) is 0 Å². The van der Waals surface area contributed by atoms with E-state index < -0.39 is 5.97 Å². The van der Waals surface area contributed by atoms with E-state index in [1.54, 1.807) is 12.1 Å². The predicted octanol–water partition coefficient (Wildman–Crippen LogP) is 4.34. The molecule has 4 nitrogen and oxygen atoms in total. The van der Waals surface area contributed by atoms with E-state index in [1.165, 1.54) is 25.3 Å². The van der Waals surface area contributed by atoms with Gasteiger partial charge in [0, 0.05) is 10.9 Å². The Morgan fingerprint density at radius 1 is 1.10 bits per heavy atom. The summed E-state index contributed by atoms with van der Waals surface area (Å²) in [6.07, 6.45) is 7.46. The molecular formula is C16H20ClNO3. The first-order valence-corrected chi connectivity index (χ1v) is 7.79. The molecule has 0 unspecified atom stereocenters. The van der Waals surface area contributed by atoms with Crippen molar-refractivity contribution in [2.45, 2.75) is 44.9 Å². The highest BCUT2D eigenvalue weighted by molar-refractivity contribution is 6.31. The zero-order valence-electron chi connectivity index (χ0n) is 11.9. The van der Waals surface area contributed by atoms with Gasteiger partial charge in [-0.3, -0.25) is 4.79 Å². The normalized spacial score (nSPS) is 16.8. The van der Waals surface area contributed by atoms with E-state index in [0.717, 1.165) is 25.7 Å². The van der Waals surface area contributed by atoms with Gasteiger partial charge < -0.3 is 10.4 Å². The molecule has 1 fully saturated rings. The average molecular weight is 310 g/mol. The van der Waals surface area contributed by atoms with E-state index in [4.69, 9.17) is 11.6 Å². The third-order valence-corrected chi connectivity index (χ3v) is 4.18. The third kappa shape index (κ3) is 4.46. The van der Waals surface area contributed by atoms with Gasteiger partial charge in [0.25, 0.3) is 0 Å². The van der Waals surface area contributed by atoms with Crippen molar-refractivity contribution < 1.29 is 14.7 Å². The number of halogens is 1. The van der Waals surface area contributed by atoms with Crippen molar-refractivity contribution in [2.75, 3.05) is 5.32 Å². The number of hydrogen-bond donors (Lipinski definition) is 2. The maximum atomic E-state index is 12.4. The molecule has 2 rings (SSSR count). The first kappa shape index (κ1) is 15.8.